The quantitative estimate of drug-likeness (QED) is 0.0373. The van der Waals surface area contributed by atoms with Crippen molar-refractivity contribution in [1.29, 1.82) is 0 Å². The van der Waals surface area contributed by atoms with E-state index in [1.807, 2.05) is 0 Å². The molecule has 0 aliphatic carbocycles. The third-order valence-electron chi connectivity index (χ3n) is 13.6. The zero-order valence-corrected chi connectivity index (χ0v) is 50.6. The summed E-state index contributed by atoms with van der Waals surface area (Å²) in [6.07, 6.45) is 101. The van der Waals surface area contributed by atoms with Gasteiger partial charge in [0.05, 0.1) is 6.61 Å². The first-order chi connectivity index (χ1) is 38.6. The zero-order chi connectivity index (χ0) is 56.2. The van der Waals surface area contributed by atoms with Gasteiger partial charge in [0.1, 0.15) is 6.61 Å². The fourth-order valence-electron chi connectivity index (χ4n) is 8.86. The monoisotopic (exact) mass is 1080 g/mol. The average molecular weight is 1080 g/mol. The van der Waals surface area contributed by atoms with Crippen molar-refractivity contribution in [2.24, 2.45) is 0 Å². The van der Waals surface area contributed by atoms with Crippen molar-refractivity contribution in [3.05, 3.63) is 146 Å². The number of carbonyl (C=O) groups excluding carboxylic acids is 2. The first kappa shape index (κ1) is 73.8. The Kier molecular flexibility index (Phi) is 63.4. The van der Waals surface area contributed by atoms with Crippen molar-refractivity contribution in [3.8, 4) is 0 Å². The number of aliphatic hydroxyl groups excluding tert-OH is 1. The molecule has 0 heterocycles. The first-order valence-electron chi connectivity index (χ1n) is 32.4. The number of allylic oxidation sites excluding steroid dienone is 24. The van der Waals surface area contributed by atoms with Crippen molar-refractivity contribution >= 4 is 11.9 Å². The lowest BCUT2D eigenvalue weighted by Gasteiger charge is -2.15. The van der Waals surface area contributed by atoms with Crippen LogP contribution in [0.3, 0.4) is 0 Å². The second kappa shape index (κ2) is 67.1. The lowest BCUT2D eigenvalue weighted by Crippen LogP contribution is -2.28. The molecule has 5 heteroatoms. The molecule has 0 aromatic carbocycles. The van der Waals surface area contributed by atoms with E-state index in [-0.39, 0.29) is 25.2 Å². The summed E-state index contributed by atoms with van der Waals surface area (Å²) >= 11 is 0. The number of aliphatic hydroxyl groups is 1. The van der Waals surface area contributed by atoms with Crippen LogP contribution in [0.25, 0.3) is 0 Å². The van der Waals surface area contributed by atoms with Crippen molar-refractivity contribution in [1.82, 2.24) is 0 Å². The molecule has 5 nitrogen and oxygen atoms in total. The Morgan fingerprint density at radius 1 is 0.295 bits per heavy atom. The van der Waals surface area contributed by atoms with Gasteiger partial charge in [0.25, 0.3) is 0 Å². The van der Waals surface area contributed by atoms with Crippen LogP contribution in [-0.4, -0.2) is 36.4 Å². The van der Waals surface area contributed by atoms with Crippen LogP contribution in [0.1, 0.15) is 284 Å². The van der Waals surface area contributed by atoms with Crippen molar-refractivity contribution < 1.29 is 24.2 Å². The normalized spacial score (nSPS) is 13.2. The highest BCUT2D eigenvalue weighted by Gasteiger charge is 2.16. The zero-order valence-electron chi connectivity index (χ0n) is 50.6. The minimum atomic E-state index is -0.783. The maximum absolute atomic E-state index is 12.4. The molecule has 0 saturated heterocycles. The molecule has 0 radical (unpaired) electrons. The van der Waals surface area contributed by atoms with Gasteiger partial charge in [-0.25, -0.2) is 0 Å². The Balaban J connectivity index is 3.52. The highest BCUT2D eigenvalue weighted by Crippen LogP contribution is 2.16. The highest BCUT2D eigenvalue weighted by molar-refractivity contribution is 5.70. The van der Waals surface area contributed by atoms with Gasteiger partial charge in [0.2, 0.25) is 0 Å². The van der Waals surface area contributed by atoms with Gasteiger partial charge in [-0.1, -0.05) is 301 Å². The largest absolute Gasteiger partial charge is 0.462 e. The van der Waals surface area contributed by atoms with Crippen molar-refractivity contribution in [3.63, 3.8) is 0 Å². The summed E-state index contributed by atoms with van der Waals surface area (Å²) in [5, 5.41) is 9.69. The van der Waals surface area contributed by atoms with Gasteiger partial charge in [-0.3, -0.25) is 9.59 Å². The standard InChI is InChI=1S/C73H120O5/c1-3-5-7-9-11-13-15-17-19-21-23-25-27-29-31-32-33-34-35-36-37-38-39-40-42-44-46-48-50-52-54-56-58-60-62-64-66-68-73(76)78-71(69-74)70-77-72(75)67-65-63-61-59-57-55-53-51-49-47-45-43-41-30-28-26-24-22-20-18-16-14-12-10-8-6-4-2/h5-8,11-14,17-20,23-26,29,31,33-34,36-37,39-40,71,74H,3-4,9-10,15-16,21-22,27-28,30,32,35,38,41-70H2,1-2H3/b7-5-,8-6-,13-11-,14-12-,19-17-,20-18-,25-23-,26-24-,31-29-,34-33-,37-36-,40-39-. The molecule has 0 aromatic rings. The fraction of sp³-hybridized carbons (Fsp3) is 0.644. The SMILES string of the molecule is CC/C=C\C/C=C\C/C=C\C/C=C\C/C=C\C/C=C\C/C=C\C/C=C\CCCCCCCCCCCCCCC(=O)OC(CO)COC(=O)CCCCCCCCCCCCCCCC/C=C\C/C=C\C/C=C\C/C=C\CC. The van der Waals surface area contributed by atoms with Gasteiger partial charge >= 0.3 is 11.9 Å². The van der Waals surface area contributed by atoms with E-state index >= 15 is 0 Å². The Morgan fingerprint density at radius 3 is 0.769 bits per heavy atom. The number of unbranched alkanes of at least 4 members (excludes halogenated alkanes) is 26. The Hall–Kier alpha value is -4.22. The van der Waals surface area contributed by atoms with Gasteiger partial charge in [0, 0.05) is 12.8 Å². The number of ether oxygens (including phenoxy) is 2. The minimum Gasteiger partial charge on any atom is -0.462 e. The smallest absolute Gasteiger partial charge is 0.306 e. The van der Waals surface area contributed by atoms with E-state index in [1.165, 1.54) is 141 Å². The number of hydrogen-bond donors (Lipinski definition) is 1. The summed E-state index contributed by atoms with van der Waals surface area (Å²) in [6, 6.07) is 0. The third-order valence-corrected chi connectivity index (χ3v) is 13.6. The molecule has 0 aliphatic rings. The van der Waals surface area contributed by atoms with Crippen LogP contribution < -0.4 is 0 Å². The lowest BCUT2D eigenvalue weighted by atomic mass is 10.0. The van der Waals surface area contributed by atoms with Gasteiger partial charge in [-0.05, 0) is 116 Å². The van der Waals surface area contributed by atoms with Crippen LogP contribution >= 0.6 is 0 Å². The van der Waals surface area contributed by atoms with Crippen molar-refractivity contribution in [2.75, 3.05) is 13.2 Å². The number of esters is 2. The Bertz CT molecular complexity index is 1650. The van der Waals surface area contributed by atoms with Gasteiger partial charge in [-0.15, -0.1) is 0 Å². The van der Waals surface area contributed by atoms with Gasteiger partial charge < -0.3 is 14.6 Å². The summed E-state index contributed by atoms with van der Waals surface area (Å²) in [4.78, 5) is 24.6. The predicted molar refractivity (Wildman–Crippen MR) is 343 cm³/mol. The Labute approximate surface area is 482 Å². The molecule has 0 aromatic heterocycles. The maximum atomic E-state index is 12.4. The van der Waals surface area contributed by atoms with Gasteiger partial charge in [-0.2, -0.15) is 0 Å². The molecule has 1 N–H and O–H groups in total. The lowest BCUT2D eigenvalue weighted by molar-refractivity contribution is -0.161. The molecule has 1 atom stereocenters. The van der Waals surface area contributed by atoms with E-state index in [1.54, 1.807) is 0 Å². The molecular formula is C73H120O5. The van der Waals surface area contributed by atoms with E-state index in [0.29, 0.717) is 12.8 Å². The van der Waals surface area contributed by atoms with E-state index in [2.05, 4.69) is 160 Å². The molecule has 0 amide bonds. The second-order valence-electron chi connectivity index (χ2n) is 21.1. The molecule has 0 saturated carbocycles. The fourth-order valence-corrected chi connectivity index (χ4v) is 8.86. The summed E-state index contributed by atoms with van der Waals surface area (Å²) in [7, 11) is 0. The number of rotatable bonds is 58. The van der Waals surface area contributed by atoms with E-state index in [0.717, 1.165) is 116 Å². The van der Waals surface area contributed by atoms with Crippen LogP contribution in [0.5, 0.6) is 0 Å². The summed E-state index contributed by atoms with van der Waals surface area (Å²) < 4.78 is 10.7. The van der Waals surface area contributed by atoms with E-state index in [4.69, 9.17) is 9.47 Å². The first-order valence-corrected chi connectivity index (χ1v) is 32.4. The maximum Gasteiger partial charge on any atom is 0.306 e. The molecule has 1 unspecified atom stereocenters. The van der Waals surface area contributed by atoms with Crippen LogP contribution in [0.2, 0.25) is 0 Å². The minimum absolute atomic E-state index is 0.0726. The number of carbonyl (C=O) groups is 2. The molecule has 0 aliphatic heterocycles. The van der Waals surface area contributed by atoms with E-state index in [9.17, 15) is 14.7 Å². The highest BCUT2D eigenvalue weighted by atomic mass is 16.6. The predicted octanol–water partition coefficient (Wildman–Crippen LogP) is 22.5. The topological polar surface area (TPSA) is 72.8 Å². The summed E-state index contributed by atoms with van der Waals surface area (Å²) in [5.41, 5.74) is 0. The molecule has 78 heavy (non-hydrogen) atoms. The molecule has 442 valence electrons. The van der Waals surface area contributed by atoms with E-state index < -0.39 is 6.10 Å². The summed E-state index contributed by atoms with van der Waals surface area (Å²) in [5.74, 6) is -0.594. The summed E-state index contributed by atoms with van der Waals surface area (Å²) in [6.45, 7) is 3.92. The van der Waals surface area contributed by atoms with Gasteiger partial charge in [0.15, 0.2) is 6.10 Å². The third kappa shape index (κ3) is 64.3. The van der Waals surface area contributed by atoms with Crippen molar-refractivity contribution in [2.45, 2.75) is 290 Å². The molecule has 0 fully saturated rings. The molecular weight excluding hydrogens is 957 g/mol. The van der Waals surface area contributed by atoms with Crippen LogP contribution in [0.15, 0.2) is 146 Å². The molecule has 0 bridgehead atoms. The van der Waals surface area contributed by atoms with Crippen LogP contribution in [0, 0.1) is 0 Å². The average Bonchev–Trinajstić information content (AvgIpc) is 3.44. The second-order valence-corrected chi connectivity index (χ2v) is 21.1. The van der Waals surface area contributed by atoms with Crippen LogP contribution in [0.4, 0.5) is 0 Å². The Morgan fingerprint density at radius 2 is 0.513 bits per heavy atom. The number of hydrogen-bond acceptors (Lipinski definition) is 5. The molecule has 0 rings (SSSR count). The van der Waals surface area contributed by atoms with Crippen LogP contribution in [-0.2, 0) is 19.1 Å². The molecule has 0 spiro atoms.